The minimum absolute atomic E-state index is 0.144. The highest BCUT2D eigenvalue weighted by Crippen LogP contribution is 2.03. The first-order chi connectivity index (χ1) is 8.65. The summed E-state index contributed by atoms with van der Waals surface area (Å²) in [6.45, 7) is 2.62. The van der Waals surface area contributed by atoms with E-state index in [0.717, 1.165) is 25.1 Å². The summed E-state index contributed by atoms with van der Waals surface area (Å²) < 4.78 is 0. The summed E-state index contributed by atoms with van der Waals surface area (Å²) in [5.74, 6) is 0. The van der Waals surface area contributed by atoms with Crippen molar-refractivity contribution in [1.82, 2.24) is 5.32 Å². The van der Waals surface area contributed by atoms with E-state index in [-0.39, 0.29) is 4.99 Å². The molecule has 0 aliphatic carbocycles. The van der Waals surface area contributed by atoms with E-state index in [2.05, 4.69) is 17.4 Å². The van der Waals surface area contributed by atoms with Crippen molar-refractivity contribution >= 4 is 17.2 Å². The van der Waals surface area contributed by atoms with Crippen LogP contribution in [0, 0.1) is 11.3 Å². The summed E-state index contributed by atoms with van der Waals surface area (Å²) in [7, 11) is 0. The fraction of sp³-hybridized carbons (Fsp3) is 0.286. The van der Waals surface area contributed by atoms with Crippen molar-refractivity contribution in [2.24, 2.45) is 5.73 Å². The first kappa shape index (κ1) is 14.2. The second-order valence-electron chi connectivity index (χ2n) is 3.99. The van der Waals surface area contributed by atoms with Gasteiger partial charge in [-0.2, -0.15) is 5.26 Å². The number of hydrogen-bond acceptors (Lipinski definition) is 3. The number of rotatable bonds is 6. The van der Waals surface area contributed by atoms with Gasteiger partial charge >= 0.3 is 0 Å². The first-order valence-electron chi connectivity index (χ1n) is 5.83. The van der Waals surface area contributed by atoms with E-state index in [1.54, 1.807) is 0 Å². The van der Waals surface area contributed by atoms with E-state index in [4.69, 9.17) is 23.2 Å². The van der Waals surface area contributed by atoms with E-state index in [1.807, 2.05) is 31.2 Å². The van der Waals surface area contributed by atoms with Gasteiger partial charge in [0.05, 0.1) is 0 Å². The summed E-state index contributed by atoms with van der Waals surface area (Å²) in [5, 5.41) is 12.1. The van der Waals surface area contributed by atoms with Gasteiger partial charge in [0.25, 0.3) is 0 Å². The molecule has 0 bridgehead atoms. The fourth-order valence-electron chi connectivity index (χ4n) is 1.63. The molecule has 0 amide bonds. The van der Waals surface area contributed by atoms with Gasteiger partial charge in [-0.15, -0.1) is 0 Å². The highest BCUT2D eigenvalue weighted by Gasteiger charge is 2.04. The third-order valence-corrected chi connectivity index (χ3v) is 2.81. The van der Waals surface area contributed by atoms with Gasteiger partial charge in [-0.05, 0) is 25.3 Å². The van der Waals surface area contributed by atoms with Crippen LogP contribution < -0.4 is 11.1 Å². The highest BCUT2D eigenvalue weighted by atomic mass is 32.1. The molecule has 0 spiro atoms. The van der Waals surface area contributed by atoms with Crippen LogP contribution in [-0.4, -0.2) is 11.5 Å². The van der Waals surface area contributed by atoms with Crippen LogP contribution in [0.3, 0.4) is 0 Å². The van der Waals surface area contributed by atoms with E-state index in [9.17, 15) is 0 Å². The predicted molar refractivity (Wildman–Crippen MR) is 77.9 cm³/mol. The summed E-state index contributed by atoms with van der Waals surface area (Å²) in [4.78, 5) is 0.144. The molecular formula is C14H17N3S. The highest BCUT2D eigenvalue weighted by molar-refractivity contribution is 7.80. The average Bonchev–Trinajstić information content (AvgIpc) is 2.36. The number of allylic oxidation sites excluding steroid dienone is 1. The van der Waals surface area contributed by atoms with Crippen LogP contribution >= 0.6 is 12.2 Å². The molecule has 0 aliphatic heterocycles. The van der Waals surface area contributed by atoms with Crippen molar-refractivity contribution < 1.29 is 0 Å². The Morgan fingerprint density at radius 2 is 2.06 bits per heavy atom. The Morgan fingerprint density at radius 1 is 1.39 bits per heavy atom. The molecule has 4 heteroatoms. The van der Waals surface area contributed by atoms with Gasteiger partial charge in [0.15, 0.2) is 0 Å². The molecule has 0 aliphatic rings. The van der Waals surface area contributed by atoms with Crippen LogP contribution in [0.5, 0.6) is 0 Å². The monoisotopic (exact) mass is 259 g/mol. The van der Waals surface area contributed by atoms with Gasteiger partial charge in [-0.3, -0.25) is 0 Å². The first-order valence-corrected chi connectivity index (χ1v) is 6.24. The van der Waals surface area contributed by atoms with Crippen molar-refractivity contribution in [3.05, 3.63) is 47.2 Å². The van der Waals surface area contributed by atoms with Crippen LogP contribution in [0.1, 0.15) is 18.9 Å². The molecule has 0 aromatic heterocycles. The van der Waals surface area contributed by atoms with Crippen LogP contribution in [0.2, 0.25) is 0 Å². The number of nitriles is 1. The topological polar surface area (TPSA) is 61.8 Å². The van der Waals surface area contributed by atoms with Gasteiger partial charge in [0, 0.05) is 12.2 Å². The second-order valence-corrected chi connectivity index (χ2v) is 4.43. The molecule has 3 nitrogen and oxygen atoms in total. The minimum Gasteiger partial charge on any atom is -0.389 e. The number of thiocarbonyl (C=S) groups is 1. The molecule has 0 saturated heterocycles. The zero-order chi connectivity index (χ0) is 13.4. The summed E-state index contributed by atoms with van der Waals surface area (Å²) in [5.41, 5.74) is 7.88. The van der Waals surface area contributed by atoms with Crippen LogP contribution in [0.25, 0.3) is 0 Å². The van der Waals surface area contributed by atoms with Crippen molar-refractivity contribution in [2.45, 2.75) is 19.8 Å². The van der Waals surface area contributed by atoms with Crippen molar-refractivity contribution in [3.8, 4) is 6.07 Å². The van der Waals surface area contributed by atoms with Crippen molar-refractivity contribution in [3.63, 3.8) is 0 Å². The summed E-state index contributed by atoms with van der Waals surface area (Å²) >= 11 is 4.81. The van der Waals surface area contributed by atoms with Crippen molar-refractivity contribution in [1.29, 1.82) is 5.26 Å². The van der Waals surface area contributed by atoms with E-state index in [0.29, 0.717) is 5.57 Å². The Bertz CT molecular complexity index is 472. The number of nitrogens with one attached hydrogen (secondary N) is 1. The molecule has 0 heterocycles. The smallest absolute Gasteiger partial charge is 0.116 e. The lowest BCUT2D eigenvalue weighted by Gasteiger charge is -2.08. The molecule has 3 N–H and O–H groups in total. The van der Waals surface area contributed by atoms with Gasteiger partial charge in [-0.1, -0.05) is 42.5 Å². The lowest BCUT2D eigenvalue weighted by atomic mass is 10.1. The quantitative estimate of drug-likeness (QED) is 0.356. The van der Waals surface area contributed by atoms with E-state index >= 15 is 0 Å². The third kappa shape index (κ3) is 4.56. The Kier molecular flexibility index (Phi) is 5.89. The Labute approximate surface area is 113 Å². The molecule has 94 valence electrons. The van der Waals surface area contributed by atoms with Gasteiger partial charge in [-0.25, -0.2) is 0 Å². The normalized spacial score (nSPS) is 11.3. The maximum Gasteiger partial charge on any atom is 0.116 e. The molecule has 0 fully saturated rings. The molecule has 1 aromatic carbocycles. The Morgan fingerprint density at radius 3 is 2.61 bits per heavy atom. The largest absolute Gasteiger partial charge is 0.389 e. The zero-order valence-electron chi connectivity index (χ0n) is 10.4. The SMILES string of the molecule is C/C(NCCCc1ccccc1)=C(\C#N)C(N)=S. The molecule has 0 atom stereocenters. The molecule has 18 heavy (non-hydrogen) atoms. The van der Waals surface area contributed by atoms with Gasteiger partial charge in [0.2, 0.25) is 0 Å². The number of nitrogens with zero attached hydrogens (tertiary/aromatic N) is 1. The van der Waals surface area contributed by atoms with E-state index < -0.39 is 0 Å². The molecule has 0 unspecified atom stereocenters. The van der Waals surface area contributed by atoms with Crippen molar-refractivity contribution in [2.75, 3.05) is 6.54 Å². The lowest BCUT2D eigenvalue weighted by molar-refractivity contribution is 0.722. The summed E-state index contributed by atoms with van der Waals surface area (Å²) in [6, 6.07) is 12.3. The number of aryl methyl sites for hydroxylation is 1. The lowest BCUT2D eigenvalue weighted by Crippen LogP contribution is -2.20. The maximum atomic E-state index is 8.89. The standard InChI is InChI=1S/C14H17N3S/c1-11(13(10-15)14(16)18)17-9-5-8-12-6-3-2-4-7-12/h2-4,6-7,17H,5,8-9H2,1H3,(H2,16,18)/b13-11-. The van der Waals surface area contributed by atoms with Crippen LogP contribution in [0.15, 0.2) is 41.6 Å². The molecular weight excluding hydrogens is 242 g/mol. The number of hydrogen-bond donors (Lipinski definition) is 2. The minimum atomic E-state index is 0.144. The Balaban J connectivity index is 2.39. The summed E-state index contributed by atoms with van der Waals surface area (Å²) in [6.07, 6.45) is 2.01. The molecule has 1 rings (SSSR count). The van der Waals surface area contributed by atoms with Gasteiger partial charge < -0.3 is 11.1 Å². The van der Waals surface area contributed by atoms with Crippen LogP contribution in [-0.2, 0) is 6.42 Å². The Hall–Kier alpha value is -1.86. The number of nitrogens with two attached hydrogens (primary N) is 1. The average molecular weight is 259 g/mol. The van der Waals surface area contributed by atoms with E-state index in [1.165, 1.54) is 5.56 Å². The second kappa shape index (κ2) is 7.46. The molecule has 0 saturated carbocycles. The molecule has 0 radical (unpaired) electrons. The van der Waals surface area contributed by atoms with Gasteiger partial charge in [0.1, 0.15) is 16.6 Å². The van der Waals surface area contributed by atoms with Crippen LogP contribution in [0.4, 0.5) is 0 Å². The third-order valence-electron chi connectivity index (χ3n) is 2.61. The predicted octanol–water partition coefficient (Wildman–Crippen LogP) is 2.29. The molecule has 1 aromatic rings. The maximum absolute atomic E-state index is 8.89. The zero-order valence-corrected chi connectivity index (χ0v) is 11.3. The number of benzene rings is 1. The fourth-order valence-corrected chi connectivity index (χ4v) is 1.82.